The number of hydrogen-bond donors (Lipinski definition) is 1. The van der Waals surface area contributed by atoms with E-state index in [0.717, 1.165) is 18.0 Å². The fourth-order valence-corrected chi connectivity index (χ4v) is 2.54. The number of rotatable bonds is 3. The number of thiol groups is 1. The van der Waals surface area contributed by atoms with Crippen LogP contribution in [0.4, 0.5) is 0 Å². The Labute approximate surface area is 103 Å². The van der Waals surface area contributed by atoms with E-state index >= 15 is 0 Å². The van der Waals surface area contributed by atoms with Gasteiger partial charge in [0, 0.05) is 12.3 Å². The van der Waals surface area contributed by atoms with Crippen LogP contribution in [-0.4, -0.2) is 20.5 Å². The summed E-state index contributed by atoms with van der Waals surface area (Å²) in [4.78, 5) is 4.64. The molecule has 0 bridgehead atoms. The second-order valence-electron chi connectivity index (χ2n) is 5.10. The first-order valence-electron chi connectivity index (χ1n) is 6.19. The average molecular weight is 239 g/mol. The Morgan fingerprint density at radius 3 is 2.81 bits per heavy atom. The average Bonchev–Trinajstić information content (AvgIpc) is 2.71. The van der Waals surface area contributed by atoms with Crippen molar-refractivity contribution in [3.8, 4) is 0 Å². The van der Waals surface area contributed by atoms with Gasteiger partial charge in [0.05, 0.1) is 6.04 Å². The summed E-state index contributed by atoms with van der Waals surface area (Å²) in [5.41, 5.74) is 0. The molecule has 1 aliphatic heterocycles. The Morgan fingerprint density at radius 2 is 2.19 bits per heavy atom. The molecule has 2 rings (SSSR count). The lowest BCUT2D eigenvalue weighted by molar-refractivity contribution is 0.287. The lowest BCUT2D eigenvalue weighted by Gasteiger charge is -2.27. The molecule has 0 aliphatic carbocycles. The number of aryl methyl sites for hydroxylation is 1. The van der Waals surface area contributed by atoms with Gasteiger partial charge in [-0.25, -0.2) is 9.67 Å². The molecule has 0 saturated heterocycles. The molecule has 0 saturated carbocycles. The van der Waals surface area contributed by atoms with Crippen LogP contribution in [0.15, 0.2) is 0 Å². The van der Waals surface area contributed by atoms with Crippen LogP contribution in [0.5, 0.6) is 0 Å². The molecule has 2 unspecified atom stereocenters. The first-order valence-corrected chi connectivity index (χ1v) is 6.83. The Morgan fingerprint density at radius 1 is 1.44 bits per heavy atom. The summed E-state index contributed by atoms with van der Waals surface area (Å²) in [6.07, 6.45) is 3.53. The van der Waals surface area contributed by atoms with E-state index in [0.29, 0.717) is 17.9 Å². The molecule has 0 amide bonds. The van der Waals surface area contributed by atoms with E-state index < -0.39 is 0 Å². The first kappa shape index (κ1) is 12.0. The van der Waals surface area contributed by atoms with Crippen LogP contribution in [-0.2, 0) is 6.42 Å². The summed E-state index contributed by atoms with van der Waals surface area (Å²) in [6.45, 7) is 6.56. The highest BCUT2D eigenvalue weighted by Gasteiger charge is 2.27. The zero-order chi connectivity index (χ0) is 11.7. The van der Waals surface area contributed by atoms with E-state index in [-0.39, 0.29) is 0 Å². The molecular weight excluding hydrogens is 218 g/mol. The number of aromatic nitrogens is 3. The van der Waals surface area contributed by atoms with Gasteiger partial charge in [-0.1, -0.05) is 20.8 Å². The maximum atomic E-state index is 4.67. The van der Waals surface area contributed by atoms with E-state index in [4.69, 9.17) is 0 Å². The van der Waals surface area contributed by atoms with Gasteiger partial charge in [0.15, 0.2) is 5.82 Å². The highest BCUT2D eigenvalue weighted by atomic mass is 32.1. The molecule has 0 fully saturated rings. The summed E-state index contributed by atoms with van der Waals surface area (Å²) >= 11 is 4.40. The van der Waals surface area contributed by atoms with Crippen LogP contribution < -0.4 is 0 Å². The smallest absolute Gasteiger partial charge is 0.153 e. The van der Waals surface area contributed by atoms with Crippen molar-refractivity contribution in [3.05, 3.63) is 11.6 Å². The van der Waals surface area contributed by atoms with Crippen molar-refractivity contribution in [1.29, 1.82) is 0 Å². The van der Waals surface area contributed by atoms with Crippen molar-refractivity contribution in [2.75, 3.05) is 5.75 Å². The molecule has 0 spiro atoms. The number of hydrogen-bond acceptors (Lipinski definition) is 3. The Hall–Kier alpha value is -0.510. The molecule has 0 radical (unpaired) electrons. The lowest BCUT2D eigenvalue weighted by Crippen LogP contribution is -2.25. The summed E-state index contributed by atoms with van der Waals surface area (Å²) in [7, 11) is 0. The topological polar surface area (TPSA) is 30.7 Å². The van der Waals surface area contributed by atoms with Gasteiger partial charge in [0.2, 0.25) is 0 Å². The third kappa shape index (κ3) is 2.12. The zero-order valence-electron chi connectivity index (χ0n) is 10.3. The maximum Gasteiger partial charge on any atom is 0.153 e. The first-order chi connectivity index (χ1) is 7.63. The van der Waals surface area contributed by atoms with Crippen molar-refractivity contribution in [2.45, 2.75) is 52.0 Å². The third-order valence-corrected chi connectivity index (χ3v) is 3.97. The molecule has 0 N–H and O–H groups in total. The molecule has 3 nitrogen and oxygen atoms in total. The van der Waals surface area contributed by atoms with Crippen molar-refractivity contribution >= 4 is 12.6 Å². The molecule has 16 heavy (non-hydrogen) atoms. The predicted molar refractivity (Wildman–Crippen MR) is 69.1 cm³/mol. The lowest BCUT2D eigenvalue weighted by atomic mass is 9.95. The van der Waals surface area contributed by atoms with Crippen molar-refractivity contribution in [3.63, 3.8) is 0 Å². The Kier molecular flexibility index (Phi) is 3.57. The SMILES string of the molecule is CC(C)c1nc2n(n1)C(C(C)CS)CCC2. The van der Waals surface area contributed by atoms with Gasteiger partial charge in [0.1, 0.15) is 5.82 Å². The van der Waals surface area contributed by atoms with Crippen LogP contribution in [0.1, 0.15) is 57.2 Å². The van der Waals surface area contributed by atoms with Crippen LogP contribution in [0, 0.1) is 5.92 Å². The Balaban J connectivity index is 2.30. The van der Waals surface area contributed by atoms with Crippen LogP contribution in [0.2, 0.25) is 0 Å². The molecule has 0 aromatic carbocycles. The van der Waals surface area contributed by atoms with Gasteiger partial charge in [-0.05, 0) is 24.5 Å². The highest BCUT2D eigenvalue weighted by Crippen LogP contribution is 2.30. The number of fused-ring (bicyclic) bond motifs is 1. The quantitative estimate of drug-likeness (QED) is 0.822. The molecular formula is C12H21N3S. The van der Waals surface area contributed by atoms with E-state index in [1.807, 2.05) is 0 Å². The summed E-state index contributed by atoms with van der Waals surface area (Å²) in [6, 6.07) is 0.501. The van der Waals surface area contributed by atoms with Crippen molar-refractivity contribution < 1.29 is 0 Å². The van der Waals surface area contributed by atoms with E-state index in [1.54, 1.807) is 0 Å². The van der Waals surface area contributed by atoms with Gasteiger partial charge < -0.3 is 0 Å². The van der Waals surface area contributed by atoms with Gasteiger partial charge in [-0.2, -0.15) is 17.7 Å². The summed E-state index contributed by atoms with van der Waals surface area (Å²) < 4.78 is 2.17. The zero-order valence-corrected chi connectivity index (χ0v) is 11.2. The molecule has 2 heterocycles. The second kappa shape index (κ2) is 4.78. The minimum absolute atomic E-state index is 0.421. The number of nitrogens with zero attached hydrogens (tertiary/aromatic N) is 3. The molecule has 1 aliphatic rings. The molecule has 1 aromatic rings. The molecule has 1 aromatic heterocycles. The molecule has 90 valence electrons. The normalized spacial score (nSPS) is 22.2. The fourth-order valence-electron chi connectivity index (χ4n) is 2.29. The van der Waals surface area contributed by atoms with E-state index in [2.05, 4.69) is 48.2 Å². The minimum Gasteiger partial charge on any atom is -0.246 e. The second-order valence-corrected chi connectivity index (χ2v) is 5.47. The fraction of sp³-hybridized carbons (Fsp3) is 0.833. The standard InChI is InChI=1S/C12H21N3S/c1-8(2)12-13-11-6-4-5-10(9(3)7-16)15(11)14-12/h8-10,16H,4-7H2,1-3H3. The largest absolute Gasteiger partial charge is 0.246 e. The molecule has 4 heteroatoms. The predicted octanol–water partition coefficient (Wildman–Crippen LogP) is 2.84. The van der Waals surface area contributed by atoms with Gasteiger partial charge in [-0.3, -0.25) is 0 Å². The van der Waals surface area contributed by atoms with E-state index in [9.17, 15) is 0 Å². The molecule has 2 atom stereocenters. The van der Waals surface area contributed by atoms with E-state index in [1.165, 1.54) is 18.7 Å². The third-order valence-electron chi connectivity index (χ3n) is 3.39. The highest BCUT2D eigenvalue weighted by molar-refractivity contribution is 7.80. The van der Waals surface area contributed by atoms with Gasteiger partial charge in [-0.15, -0.1) is 0 Å². The minimum atomic E-state index is 0.421. The van der Waals surface area contributed by atoms with Gasteiger partial charge >= 0.3 is 0 Å². The van der Waals surface area contributed by atoms with Crippen molar-refractivity contribution in [2.24, 2.45) is 5.92 Å². The summed E-state index contributed by atoms with van der Waals surface area (Å²) in [5, 5.41) is 4.67. The van der Waals surface area contributed by atoms with Crippen LogP contribution in [0.25, 0.3) is 0 Å². The van der Waals surface area contributed by atoms with Crippen LogP contribution in [0.3, 0.4) is 0 Å². The van der Waals surface area contributed by atoms with Crippen molar-refractivity contribution in [1.82, 2.24) is 14.8 Å². The van der Waals surface area contributed by atoms with Crippen LogP contribution >= 0.6 is 12.6 Å². The Bertz CT molecular complexity index is 359. The maximum absolute atomic E-state index is 4.67. The monoisotopic (exact) mass is 239 g/mol. The van der Waals surface area contributed by atoms with Gasteiger partial charge in [0.25, 0.3) is 0 Å². The summed E-state index contributed by atoms with van der Waals surface area (Å²) in [5.74, 6) is 4.08.